The zero-order valence-electron chi connectivity index (χ0n) is 10.9. The van der Waals surface area contributed by atoms with Crippen LogP contribution >= 0.6 is 23.8 Å². The van der Waals surface area contributed by atoms with Crippen LogP contribution in [-0.4, -0.2) is 30.6 Å². The van der Waals surface area contributed by atoms with Gasteiger partial charge in [0.1, 0.15) is 5.75 Å². The molecule has 0 spiro atoms. The lowest BCUT2D eigenvalue weighted by atomic mass is 10.1. The van der Waals surface area contributed by atoms with Crippen LogP contribution in [0.1, 0.15) is 12.5 Å². The van der Waals surface area contributed by atoms with E-state index in [0.29, 0.717) is 10.0 Å². The number of rotatable bonds is 6. The number of nitrogens with zero attached hydrogens (tertiary/aromatic N) is 1. The molecule has 1 atom stereocenters. The van der Waals surface area contributed by atoms with Crippen molar-refractivity contribution >= 4 is 28.8 Å². The summed E-state index contributed by atoms with van der Waals surface area (Å²) in [5, 5.41) is 0.710. The first-order valence-corrected chi connectivity index (χ1v) is 6.53. The summed E-state index contributed by atoms with van der Waals surface area (Å²) < 4.78 is 5.32. The topological polar surface area (TPSA) is 38.5 Å². The molecule has 0 saturated heterocycles. The van der Waals surface area contributed by atoms with E-state index in [1.807, 2.05) is 32.2 Å². The average Bonchev–Trinajstić information content (AvgIpc) is 2.28. The quantitative estimate of drug-likeness (QED) is 0.816. The lowest BCUT2D eigenvalue weighted by Crippen LogP contribution is -2.31. The maximum atomic E-state index is 6.00. The Morgan fingerprint density at radius 3 is 2.78 bits per heavy atom. The number of nitrogens with two attached hydrogens (primary N) is 1. The van der Waals surface area contributed by atoms with Crippen molar-refractivity contribution in [1.29, 1.82) is 0 Å². The van der Waals surface area contributed by atoms with Crippen molar-refractivity contribution in [3.8, 4) is 5.75 Å². The van der Waals surface area contributed by atoms with Gasteiger partial charge in [-0.2, -0.15) is 0 Å². The molecule has 0 radical (unpaired) electrons. The van der Waals surface area contributed by atoms with Crippen molar-refractivity contribution in [2.45, 2.75) is 13.5 Å². The molecule has 0 saturated carbocycles. The Labute approximate surface area is 119 Å². The molecule has 0 fully saturated rings. The van der Waals surface area contributed by atoms with Crippen LogP contribution in [0.5, 0.6) is 5.75 Å². The minimum absolute atomic E-state index is 0.190. The molecule has 0 aliphatic rings. The van der Waals surface area contributed by atoms with Gasteiger partial charge in [-0.15, -0.1) is 0 Å². The Kier molecular flexibility index (Phi) is 5.85. The summed E-state index contributed by atoms with van der Waals surface area (Å²) in [6.45, 7) is 3.58. The Bertz CT molecular complexity index is 425. The van der Waals surface area contributed by atoms with Crippen molar-refractivity contribution in [2.24, 2.45) is 11.7 Å². The van der Waals surface area contributed by atoms with Crippen LogP contribution in [0.3, 0.4) is 0 Å². The number of thiocarbonyl (C=S) groups is 1. The Balaban J connectivity index is 2.71. The predicted molar refractivity (Wildman–Crippen MR) is 80.3 cm³/mol. The largest absolute Gasteiger partial charge is 0.496 e. The lowest BCUT2D eigenvalue weighted by molar-refractivity contribution is 0.300. The molecule has 0 aromatic heterocycles. The fourth-order valence-electron chi connectivity index (χ4n) is 1.78. The Hall–Kier alpha value is -0.840. The first-order chi connectivity index (χ1) is 8.43. The monoisotopic (exact) mass is 286 g/mol. The molecular weight excluding hydrogens is 268 g/mol. The number of methoxy groups -OCH3 is 1. The van der Waals surface area contributed by atoms with Gasteiger partial charge in [0.25, 0.3) is 0 Å². The normalized spacial score (nSPS) is 12.5. The Morgan fingerprint density at radius 2 is 2.22 bits per heavy atom. The highest BCUT2D eigenvalue weighted by atomic mass is 35.5. The van der Waals surface area contributed by atoms with E-state index < -0.39 is 0 Å². The second kappa shape index (κ2) is 6.92. The van der Waals surface area contributed by atoms with Crippen molar-refractivity contribution in [1.82, 2.24) is 4.90 Å². The van der Waals surface area contributed by atoms with Gasteiger partial charge in [0, 0.05) is 29.6 Å². The summed E-state index contributed by atoms with van der Waals surface area (Å²) in [5.74, 6) is 1.03. The molecule has 1 unspecified atom stereocenters. The van der Waals surface area contributed by atoms with Gasteiger partial charge in [-0.1, -0.05) is 30.7 Å². The number of hydrogen-bond acceptors (Lipinski definition) is 3. The molecule has 1 aromatic carbocycles. The second-order valence-corrected chi connectivity index (χ2v) is 5.36. The SMILES string of the molecule is COc1ccc(Cl)cc1CN(C)CC(C)C(N)=S. The van der Waals surface area contributed by atoms with Crippen molar-refractivity contribution in [3.05, 3.63) is 28.8 Å². The molecular formula is C13H19ClN2OS. The van der Waals surface area contributed by atoms with E-state index in [-0.39, 0.29) is 5.92 Å². The molecule has 0 heterocycles. The van der Waals surface area contributed by atoms with Crippen LogP contribution in [0.4, 0.5) is 0 Å². The highest BCUT2D eigenvalue weighted by Crippen LogP contribution is 2.23. The molecule has 100 valence electrons. The molecule has 0 amide bonds. The van der Waals surface area contributed by atoms with Gasteiger partial charge in [-0.3, -0.25) is 0 Å². The van der Waals surface area contributed by atoms with E-state index in [1.54, 1.807) is 7.11 Å². The third-order valence-electron chi connectivity index (χ3n) is 2.75. The molecule has 0 aliphatic carbocycles. The summed E-state index contributed by atoms with van der Waals surface area (Å²) in [4.78, 5) is 2.69. The van der Waals surface area contributed by atoms with E-state index in [4.69, 9.17) is 34.3 Å². The zero-order valence-corrected chi connectivity index (χ0v) is 12.5. The smallest absolute Gasteiger partial charge is 0.123 e. The first-order valence-electron chi connectivity index (χ1n) is 5.74. The van der Waals surface area contributed by atoms with Gasteiger partial charge >= 0.3 is 0 Å². The number of ether oxygens (including phenoxy) is 1. The van der Waals surface area contributed by atoms with Crippen LogP contribution in [0.2, 0.25) is 5.02 Å². The lowest BCUT2D eigenvalue weighted by Gasteiger charge is -2.21. The van der Waals surface area contributed by atoms with Crippen molar-refractivity contribution in [3.63, 3.8) is 0 Å². The fraction of sp³-hybridized carbons (Fsp3) is 0.462. The molecule has 18 heavy (non-hydrogen) atoms. The maximum absolute atomic E-state index is 6.00. The van der Waals surface area contributed by atoms with Crippen LogP contribution in [0.15, 0.2) is 18.2 Å². The van der Waals surface area contributed by atoms with Crippen molar-refractivity contribution in [2.75, 3.05) is 20.7 Å². The van der Waals surface area contributed by atoms with E-state index in [9.17, 15) is 0 Å². The predicted octanol–water partition coefficient (Wildman–Crippen LogP) is 2.70. The number of benzene rings is 1. The molecule has 0 aliphatic heterocycles. The fourth-order valence-corrected chi connectivity index (χ4v) is 2.05. The van der Waals surface area contributed by atoms with Gasteiger partial charge < -0.3 is 15.4 Å². The summed E-state index contributed by atoms with van der Waals surface area (Å²) >= 11 is 11.0. The molecule has 3 nitrogen and oxygen atoms in total. The van der Waals surface area contributed by atoms with E-state index in [0.717, 1.165) is 24.4 Å². The van der Waals surface area contributed by atoms with E-state index in [1.165, 1.54) is 0 Å². The minimum atomic E-state index is 0.190. The molecule has 2 N–H and O–H groups in total. The van der Waals surface area contributed by atoms with Crippen LogP contribution in [0, 0.1) is 5.92 Å². The summed E-state index contributed by atoms with van der Waals surface area (Å²) in [7, 11) is 3.68. The minimum Gasteiger partial charge on any atom is -0.496 e. The summed E-state index contributed by atoms with van der Waals surface area (Å²) in [6, 6.07) is 5.62. The van der Waals surface area contributed by atoms with Gasteiger partial charge in [0.05, 0.1) is 12.1 Å². The average molecular weight is 287 g/mol. The van der Waals surface area contributed by atoms with Gasteiger partial charge in [-0.05, 0) is 25.2 Å². The van der Waals surface area contributed by atoms with Gasteiger partial charge in [-0.25, -0.2) is 0 Å². The summed E-state index contributed by atoms with van der Waals surface area (Å²) in [6.07, 6.45) is 0. The van der Waals surface area contributed by atoms with E-state index in [2.05, 4.69) is 4.90 Å². The van der Waals surface area contributed by atoms with Gasteiger partial charge in [0.15, 0.2) is 0 Å². The molecule has 5 heteroatoms. The molecule has 0 bridgehead atoms. The third kappa shape index (κ3) is 4.44. The zero-order chi connectivity index (χ0) is 13.7. The number of hydrogen-bond donors (Lipinski definition) is 1. The van der Waals surface area contributed by atoms with E-state index >= 15 is 0 Å². The number of halogens is 1. The highest BCUT2D eigenvalue weighted by Gasteiger charge is 2.11. The summed E-state index contributed by atoms with van der Waals surface area (Å²) in [5.41, 5.74) is 6.67. The molecule has 1 aromatic rings. The van der Waals surface area contributed by atoms with Crippen LogP contribution < -0.4 is 10.5 Å². The molecule has 1 rings (SSSR count). The highest BCUT2D eigenvalue weighted by molar-refractivity contribution is 7.80. The third-order valence-corrected chi connectivity index (χ3v) is 3.39. The van der Waals surface area contributed by atoms with Crippen molar-refractivity contribution < 1.29 is 4.74 Å². The van der Waals surface area contributed by atoms with Crippen LogP contribution in [0.25, 0.3) is 0 Å². The van der Waals surface area contributed by atoms with Gasteiger partial charge in [0.2, 0.25) is 0 Å². The maximum Gasteiger partial charge on any atom is 0.123 e. The second-order valence-electron chi connectivity index (χ2n) is 4.46. The standard InChI is InChI=1S/C13H19ClN2OS/c1-9(13(15)18)7-16(2)8-10-6-11(14)4-5-12(10)17-3/h4-6,9H,7-8H2,1-3H3,(H2,15,18). The Morgan fingerprint density at radius 1 is 1.56 bits per heavy atom. The van der Waals surface area contributed by atoms with Crippen LogP contribution in [-0.2, 0) is 6.54 Å². The first kappa shape index (κ1) is 15.2.